The molecule has 7 rings (SSSR count). The van der Waals surface area contributed by atoms with Crippen molar-refractivity contribution in [1.82, 2.24) is 29.5 Å². The van der Waals surface area contributed by atoms with Crippen LogP contribution in [0.4, 0.5) is 11.5 Å². The van der Waals surface area contributed by atoms with E-state index in [0.29, 0.717) is 17.8 Å². The van der Waals surface area contributed by atoms with Gasteiger partial charge in [0.05, 0.1) is 10.9 Å². The molecule has 0 aliphatic carbocycles. The number of rotatable bonds is 6. The van der Waals surface area contributed by atoms with Crippen LogP contribution in [0.3, 0.4) is 0 Å². The third-order valence-electron chi connectivity index (χ3n) is 7.89. The minimum atomic E-state index is 0.206. The van der Waals surface area contributed by atoms with Gasteiger partial charge in [-0.2, -0.15) is 5.10 Å². The Labute approximate surface area is 220 Å². The lowest BCUT2D eigenvalue weighted by atomic mass is 10.0. The monoisotopic (exact) mass is 507 g/mol. The van der Waals surface area contributed by atoms with Crippen molar-refractivity contribution in [2.75, 3.05) is 12.4 Å². The Balaban J connectivity index is 1.14. The molecule has 0 saturated carbocycles. The molecule has 2 aliphatic heterocycles. The Hall–Kier alpha value is -4.24. The summed E-state index contributed by atoms with van der Waals surface area (Å²) in [5, 5.41) is 8.53. The Morgan fingerprint density at radius 3 is 2.63 bits per heavy atom. The highest BCUT2D eigenvalue weighted by atomic mass is 16.5. The maximum Gasteiger partial charge on any atom is 0.158 e. The number of aromatic nitrogens is 5. The van der Waals surface area contributed by atoms with Crippen molar-refractivity contribution in [3.05, 3.63) is 72.9 Å². The van der Waals surface area contributed by atoms with E-state index in [1.54, 1.807) is 10.8 Å². The van der Waals surface area contributed by atoms with Crippen LogP contribution in [0.15, 0.2) is 67.4 Å². The van der Waals surface area contributed by atoms with E-state index in [1.807, 2.05) is 55.6 Å². The topological polar surface area (TPSA) is 89.7 Å². The van der Waals surface area contributed by atoms with Crippen LogP contribution < -0.4 is 14.8 Å². The first kappa shape index (κ1) is 22.9. The molecule has 3 atom stereocenters. The number of hydrogen-bond donors (Lipinski definition) is 1. The van der Waals surface area contributed by atoms with Crippen molar-refractivity contribution in [1.29, 1.82) is 0 Å². The van der Waals surface area contributed by atoms with Gasteiger partial charge in [0.15, 0.2) is 5.65 Å². The Kier molecular flexibility index (Phi) is 5.58. The number of aryl methyl sites for hydroxylation is 1. The molecular formula is C29H29N7O2. The highest BCUT2D eigenvalue weighted by molar-refractivity contribution is 5.95. The summed E-state index contributed by atoms with van der Waals surface area (Å²) in [5.41, 5.74) is 3.50. The second-order valence-electron chi connectivity index (χ2n) is 10.3. The van der Waals surface area contributed by atoms with Crippen molar-refractivity contribution >= 4 is 28.1 Å². The summed E-state index contributed by atoms with van der Waals surface area (Å²) in [6.07, 6.45) is 9.80. The molecule has 1 N–H and O–H groups in total. The van der Waals surface area contributed by atoms with Crippen molar-refractivity contribution in [3.63, 3.8) is 0 Å². The highest BCUT2D eigenvalue weighted by Crippen LogP contribution is 2.39. The van der Waals surface area contributed by atoms with E-state index in [0.717, 1.165) is 58.0 Å². The molecular weight excluding hydrogens is 478 g/mol. The molecule has 5 heterocycles. The third kappa shape index (κ3) is 4.18. The lowest BCUT2D eigenvalue weighted by molar-refractivity contribution is 0.0671. The van der Waals surface area contributed by atoms with Crippen molar-refractivity contribution in [2.24, 2.45) is 0 Å². The van der Waals surface area contributed by atoms with Crippen LogP contribution in [-0.4, -0.2) is 54.7 Å². The first-order chi connectivity index (χ1) is 18.6. The van der Waals surface area contributed by atoms with Crippen LogP contribution in [0, 0.1) is 6.92 Å². The summed E-state index contributed by atoms with van der Waals surface area (Å²) in [4.78, 5) is 15.9. The van der Waals surface area contributed by atoms with Crippen LogP contribution in [0.2, 0.25) is 0 Å². The highest BCUT2D eigenvalue weighted by Gasteiger charge is 2.39. The molecule has 2 saturated heterocycles. The largest absolute Gasteiger partial charge is 0.489 e. The number of pyridine rings is 1. The van der Waals surface area contributed by atoms with Gasteiger partial charge >= 0.3 is 0 Å². The van der Waals surface area contributed by atoms with Crippen LogP contribution in [0.25, 0.3) is 16.6 Å². The molecule has 192 valence electrons. The van der Waals surface area contributed by atoms with Gasteiger partial charge in [-0.3, -0.25) is 0 Å². The van der Waals surface area contributed by atoms with Gasteiger partial charge in [-0.05, 0) is 81.6 Å². The predicted molar refractivity (Wildman–Crippen MR) is 145 cm³/mol. The summed E-state index contributed by atoms with van der Waals surface area (Å²) in [6, 6.07) is 17.0. The number of ether oxygens (including phenoxy) is 2. The molecule has 3 aromatic heterocycles. The number of anilines is 2. The zero-order chi connectivity index (χ0) is 25.6. The lowest BCUT2D eigenvalue weighted by Crippen LogP contribution is -2.43. The SMILES string of the molecule is Cc1cc(Nc2ncnc3cccc(OC4C[C@H]5CC[C@@H](C4)N5C)c23)ccc1Oc1ccn2ncnc2c1. The molecule has 2 bridgehead atoms. The number of hydrogen-bond acceptors (Lipinski definition) is 8. The Bertz CT molecular complexity index is 1620. The Morgan fingerprint density at radius 1 is 0.921 bits per heavy atom. The first-order valence-electron chi connectivity index (χ1n) is 13.1. The molecule has 5 aromatic rings. The van der Waals surface area contributed by atoms with Gasteiger partial charge < -0.3 is 19.7 Å². The maximum atomic E-state index is 6.63. The molecule has 0 spiro atoms. The molecule has 2 aliphatic rings. The van der Waals surface area contributed by atoms with Crippen molar-refractivity contribution < 1.29 is 9.47 Å². The number of fused-ring (bicyclic) bond motifs is 4. The number of piperidine rings is 1. The number of nitrogens with zero attached hydrogens (tertiary/aromatic N) is 6. The minimum absolute atomic E-state index is 0.206. The first-order valence-corrected chi connectivity index (χ1v) is 13.1. The van der Waals surface area contributed by atoms with Gasteiger partial charge in [0, 0.05) is 30.0 Å². The minimum Gasteiger partial charge on any atom is -0.489 e. The Morgan fingerprint density at radius 2 is 1.79 bits per heavy atom. The van der Waals surface area contributed by atoms with E-state index in [2.05, 4.69) is 43.4 Å². The smallest absolute Gasteiger partial charge is 0.158 e. The zero-order valence-electron chi connectivity index (χ0n) is 21.4. The van der Waals surface area contributed by atoms with E-state index in [1.165, 1.54) is 19.2 Å². The van der Waals surface area contributed by atoms with Gasteiger partial charge in [0.2, 0.25) is 0 Å². The van der Waals surface area contributed by atoms with Crippen molar-refractivity contribution in [3.8, 4) is 17.2 Å². The van der Waals surface area contributed by atoms with Crippen LogP contribution >= 0.6 is 0 Å². The molecule has 9 nitrogen and oxygen atoms in total. The predicted octanol–water partition coefficient (Wildman–Crippen LogP) is 5.52. The normalized spacial score (nSPS) is 21.2. The van der Waals surface area contributed by atoms with Gasteiger partial charge in [0.25, 0.3) is 0 Å². The van der Waals surface area contributed by atoms with Gasteiger partial charge in [-0.25, -0.2) is 19.5 Å². The maximum absolute atomic E-state index is 6.63. The average Bonchev–Trinajstić information content (AvgIpc) is 3.45. The fraction of sp³-hybridized carbons (Fsp3) is 0.310. The second kappa shape index (κ2) is 9.25. The van der Waals surface area contributed by atoms with E-state index in [4.69, 9.17) is 9.47 Å². The lowest BCUT2D eigenvalue weighted by Gasteiger charge is -2.36. The fourth-order valence-corrected chi connectivity index (χ4v) is 5.87. The molecule has 0 amide bonds. The average molecular weight is 508 g/mol. The third-order valence-corrected chi connectivity index (χ3v) is 7.89. The van der Waals surface area contributed by atoms with E-state index in [-0.39, 0.29) is 6.10 Å². The van der Waals surface area contributed by atoms with E-state index >= 15 is 0 Å². The van der Waals surface area contributed by atoms with Crippen LogP contribution in [-0.2, 0) is 0 Å². The molecule has 9 heteroatoms. The van der Waals surface area contributed by atoms with Crippen LogP contribution in [0.5, 0.6) is 17.2 Å². The van der Waals surface area contributed by atoms with Gasteiger partial charge in [-0.15, -0.1) is 0 Å². The summed E-state index contributed by atoms with van der Waals surface area (Å²) in [6.45, 7) is 2.02. The quantitative estimate of drug-likeness (QED) is 0.321. The molecule has 2 fully saturated rings. The number of benzene rings is 2. The van der Waals surface area contributed by atoms with Gasteiger partial charge in [0.1, 0.15) is 41.8 Å². The van der Waals surface area contributed by atoms with E-state index < -0.39 is 0 Å². The van der Waals surface area contributed by atoms with Crippen molar-refractivity contribution in [2.45, 2.75) is 50.8 Å². The summed E-state index contributed by atoms with van der Waals surface area (Å²) in [5.74, 6) is 3.04. The molecule has 38 heavy (non-hydrogen) atoms. The van der Waals surface area contributed by atoms with E-state index in [9.17, 15) is 0 Å². The molecule has 0 radical (unpaired) electrons. The summed E-state index contributed by atoms with van der Waals surface area (Å²) >= 11 is 0. The standard InChI is InChI=1S/C29H29N7O2/c1-18-12-19(6-9-25(18)37-22-10-11-36-27(15-22)31-17-33-36)34-29-28-24(30-16-32-29)4-3-5-26(28)38-23-13-20-7-8-21(14-23)35(20)2/h3-6,9-12,15-17,20-21,23H,7-8,13-14H2,1-2H3,(H,30,32,34)/t20-,21+,23?. The summed E-state index contributed by atoms with van der Waals surface area (Å²) in [7, 11) is 2.25. The van der Waals surface area contributed by atoms with Gasteiger partial charge in [-0.1, -0.05) is 6.07 Å². The number of nitrogens with one attached hydrogen (secondary N) is 1. The zero-order valence-corrected chi connectivity index (χ0v) is 21.4. The molecule has 2 aromatic carbocycles. The second-order valence-corrected chi connectivity index (χ2v) is 10.3. The van der Waals surface area contributed by atoms with Crippen LogP contribution in [0.1, 0.15) is 31.2 Å². The summed E-state index contributed by atoms with van der Waals surface area (Å²) < 4.78 is 14.5. The molecule has 1 unspecified atom stereocenters. The fourth-order valence-electron chi connectivity index (χ4n) is 5.87.